The smallest absolute Gasteiger partial charge is 0.293 e. The summed E-state index contributed by atoms with van der Waals surface area (Å²) in [7, 11) is 0. The molecule has 1 aliphatic rings. The van der Waals surface area contributed by atoms with Crippen LogP contribution in [0, 0.1) is 5.41 Å². The molecule has 0 spiro atoms. The van der Waals surface area contributed by atoms with Crippen LogP contribution in [0.3, 0.4) is 0 Å². The lowest BCUT2D eigenvalue weighted by atomic mass is 10.1. The number of aromatic nitrogens is 1. The van der Waals surface area contributed by atoms with Crippen molar-refractivity contribution in [2.24, 2.45) is 0 Å². The van der Waals surface area contributed by atoms with E-state index in [1.807, 2.05) is 36.4 Å². The highest BCUT2D eigenvalue weighted by molar-refractivity contribution is 7.80. The van der Waals surface area contributed by atoms with E-state index in [4.69, 9.17) is 39.4 Å². The van der Waals surface area contributed by atoms with Crippen molar-refractivity contribution in [2.45, 2.75) is 24.9 Å². The normalized spacial score (nSPS) is 14.5. The van der Waals surface area contributed by atoms with E-state index in [9.17, 15) is 0 Å². The fourth-order valence-corrected chi connectivity index (χ4v) is 3.76. The molecular formula is C20H20ClN5OS. The van der Waals surface area contributed by atoms with Crippen molar-refractivity contribution in [2.75, 3.05) is 11.1 Å². The summed E-state index contributed by atoms with van der Waals surface area (Å²) in [4.78, 5) is 0. The summed E-state index contributed by atoms with van der Waals surface area (Å²) >= 11 is 11.7. The third kappa shape index (κ3) is 3.76. The molecule has 0 aliphatic heterocycles. The second-order valence-electron chi connectivity index (χ2n) is 6.89. The van der Waals surface area contributed by atoms with E-state index in [1.165, 1.54) is 6.26 Å². The molecule has 28 heavy (non-hydrogen) atoms. The number of para-hydroxylation sites is 1. The predicted molar refractivity (Wildman–Crippen MR) is 114 cm³/mol. The van der Waals surface area contributed by atoms with Gasteiger partial charge in [-0.3, -0.25) is 9.98 Å². The van der Waals surface area contributed by atoms with Crippen molar-refractivity contribution in [3.05, 3.63) is 76.8 Å². The molecule has 5 N–H and O–H groups in total. The Labute approximate surface area is 172 Å². The molecule has 3 aromatic rings. The fourth-order valence-electron chi connectivity index (χ4n) is 3.28. The average Bonchev–Trinajstić information content (AvgIpc) is 3.33. The van der Waals surface area contributed by atoms with Gasteiger partial charge in [-0.1, -0.05) is 35.9 Å². The van der Waals surface area contributed by atoms with E-state index < -0.39 is 0 Å². The number of anilines is 2. The van der Waals surface area contributed by atoms with Crippen LogP contribution in [0.1, 0.15) is 24.0 Å². The van der Waals surface area contributed by atoms with Crippen molar-refractivity contribution in [3.63, 3.8) is 0 Å². The molecule has 8 heteroatoms. The van der Waals surface area contributed by atoms with Gasteiger partial charge in [0.25, 0.3) is 5.68 Å². The van der Waals surface area contributed by atoms with Gasteiger partial charge in [-0.2, -0.15) is 0 Å². The zero-order valence-corrected chi connectivity index (χ0v) is 16.6. The van der Waals surface area contributed by atoms with Gasteiger partial charge in [-0.25, -0.2) is 0 Å². The quantitative estimate of drug-likeness (QED) is 0.377. The highest BCUT2D eigenvalue weighted by atomic mass is 35.5. The van der Waals surface area contributed by atoms with Crippen LogP contribution in [0.5, 0.6) is 0 Å². The number of nitrogens with zero attached hydrogens (tertiary/aromatic N) is 1. The first-order chi connectivity index (χ1) is 13.5. The number of oxazole rings is 1. The molecule has 2 aromatic carbocycles. The van der Waals surface area contributed by atoms with E-state index in [0.717, 1.165) is 29.7 Å². The number of nitrogens with one attached hydrogen (secondary N) is 3. The third-order valence-electron chi connectivity index (χ3n) is 4.92. The van der Waals surface area contributed by atoms with Gasteiger partial charge in [0.2, 0.25) is 0 Å². The number of thiocarbonyl (C=S) groups is 1. The van der Waals surface area contributed by atoms with Gasteiger partial charge in [0.05, 0.1) is 23.5 Å². The lowest BCUT2D eigenvalue weighted by Crippen LogP contribution is -2.38. The largest absolute Gasteiger partial charge is 0.432 e. The van der Waals surface area contributed by atoms with Crippen LogP contribution in [0.25, 0.3) is 0 Å². The second-order valence-corrected chi connectivity index (χ2v) is 7.73. The van der Waals surface area contributed by atoms with Crippen LogP contribution in [0.15, 0.2) is 59.3 Å². The van der Waals surface area contributed by atoms with Gasteiger partial charge in [0.15, 0.2) is 5.11 Å². The van der Waals surface area contributed by atoms with Gasteiger partial charge in [0, 0.05) is 11.2 Å². The molecule has 1 aliphatic carbocycles. The van der Waals surface area contributed by atoms with Crippen molar-refractivity contribution in [1.82, 2.24) is 9.88 Å². The van der Waals surface area contributed by atoms with Crippen molar-refractivity contribution >= 4 is 40.3 Å². The lowest BCUT2D eigenvalue weighted by molar-refractivity contribution is 0.458. The molecule has 6 nitrogen and oxygen atoms in total. The summed E-state index contributed by atoms with van der Waals surface area (Å²) in [5, 5.41) is 15.7. The Hall–Kier alpha value is -2.77. The van der Waals surface area contributed by atoms with Gasteiger partial charge in [-0.05, 0) is 54.4 Å². The van der Waals surface area contributed by atoms with Crippen molar-refractivity contribution in [1.29, 1.82) is 5.41 Å². The molecule has 0 radical (unpaired) electrons. The first kappa shape index (κ1) is 18.6. The summed E-state index contributed by atoms with van der Waals surface area (Å²) in [6, 6.07) is 13.5. The molecule has 0 amide bonds. The molecule has 0 atom stereocenters. The lowest BCUT2D eigenvalue weighted by Gasteiger charge is -2.22. The molecule has 1 fully saturated rings. The molecule has 1 aromatic heterocycles. The number of nitrogen functional groups attached to an aromatic ring is 1. The van der Waals surface area contributed by atoms with Crippen LogP contribution >= 0.6 is 23.8 Å². The van der Waals surface area contributed by atoms with Crippen LogP contribution in [0.2, 0.25) is 5.02 Å². The standard InChI is InChI=1S/C20H20ClN5OS/c21-15-5-2-4-14(11-15)20(7-8-20)25-19(28)24-17-13(3-1-6-16(17)22)12-26-9-10-27-18(26)23/h1-6,9-11,23H,7-8,12,22H2,(H2,24,25,28). The zero-order valence-electron chi connectivity index (χ0n) is 15.0. The van der Waals surface area contributed by atoms with Gasteiger partial charge in [0.1, 0.15) is 6.26 Å². The highest BCUT2D eigenvalue weighted by Crippen LogP contribution is 2.46. The maximum Gasteiger partial charge on any atom is 0.293 e. The van der Waals surface area contributed by atoms with E-state index in [1.54, 1.807) is 10.8 Å². The molecule has 1 saturated carbocycles. The van der Waals surface area contributed by atoms with Crippen LogP contribution in [-0.2, 0) is 12.1 Å². The monoisotopic (exact) mass is 413 g/mol. The fraction of sp³-hybridized carbons (Fsp3) is 0.200. The van der Waals surface area contributed by atoms with Crippen molar-refractivity contribution in [3.8, 4) is 0 Å². The Morgan fingerprint density at radius 3 is 2.75 bits per heavy atom. The van der Waals surface area contributed by atoms with E-state index in [-0.39, 0.29) is 11.2 Å². The number of hydrogen-bond acceptors (Lipinski definition) is 4. The molecule has 0 unspecified atom stereocenters. The van der Waals surface area contributed by atoms with Gasteiger partial charge < -0.3 is 20.8 Å². The first-order valence-electron chi connectivity index (χ1n) is 8.88. The predicted octanol–water partition coefficient (Wildman–Crippen LogP) is 3.82. The summed E-state index contributed by atoms with van der Waals surface area (Å²) in [5.41, 5.74) is 9.44. The minimum Gasteiger partial charge on any atom is -0.432 e. The first-order valence-corrected chi connectivity index (χ1v) is 9.67. The minimum absolute atomic E-state index is 0.0759. The Kier molecular flexibility index (Phi) is 4.87. The van der Waals surface area contributed by atoms with Crippen molar-refractivity contribution < 1.29 is 4.42 Å². The SMILES string of the molecule is N=c1occn1Cc1cccc(N)c1NC(=S)NC1(c2cccc(Cl)c2)CC1. The molecule has 0 bridgehead atoms. The Morgan fingerprint density at radius 1 is 1.29 bits per heavy atom. The Balaban J connectivity index is 1.53. The zero-order chi connectivity index (χ0) is 19.7. The topological polar surface area (TPSA) is 92.0 Å². The van der Waals surface area contributed by atoms with Crippen LogP contribution in [-0.4, -0.2) is 9.68 Å². The Bertz CT molecular complexity index is 1090. The van der Waals surface area contributed by atoms with E-state index in [2.05, 4.69) is 16.7 Å². The highest BCUT2D eigenvalue weighted by Gasteiger charge is 2.45. The maximum absolute atomic E-state index is 7.80. The number of halogens is 1. The summed E-state index contributed by atoms with van der Waals surface area (Å²) in [5.74, 6) is 0. The number of rotatable bonds is 5. The summed E-state index contributed by atoms with van der Waals surface area (Å²) in [6.07, 6.45) is 5.17. The minimum atomic E-state index is -0.188. The average molecular weight is 414 g/mol. The molecule has 144 valence electrons. The molecule has 4 rings (SSSR count). The summed E-state index contributed by atoms with van der Waals surface area (Å²) < 4.78 is 6.74. The van der Waals surface area contributed by atoms with Crippen LogP contribution in [0.4, 0.5) is 11.4 Å². The molecule has 1 heterocycles. The van der Waals surface area contributed by atoms with E-state index >= 15 is 0 Å². The molecular weight excluding hydrogens is 394 g/mol. The van der Waals surface area contributed by atoms with Gasteiger partial charge >= 0.3 is 0 Å². The van der Waals surface area contributed by atoms with E-state index in [0.29, 0.717) is 22.4 Å². The number of benzene rings is 2. The summed E-state index contributed by atoms with van der Waals surface area (Å²) in [6.45, 7) is 0.449. The number of nitrogens with two attached hydrogens (primary N) is 1. The Morgan fingerprint density at radius 2 is 2.07 bits per heavy atom. The van der Waals surface area contributed by atoms with Crippen LogP contribution < -0.4 is 22.1 Å². The van der Waals surface area contributed by atoms with Gasteiger partial charge in [-0.15, -0.1) is 0 Å². The maximum atomic E-state index is 7.80. The number of hydrogen-bond donors (Lipinski definition) is 4. The molecule has 0 saturated heterocycles. The second kappa shape index (κ2) is 7.33. The third-order valence-corrected chi connectivity index (χ3v) is 5.36.